The molecule has 1 heterocycles. The Hall–Kier alpha value is -0.360. The lowest BCUT2D eigenvalue weighted by Gasteiger charge is -2.36. The summed E-state index contributed by atoms with van der Waals surface area (Å²) >= 11 is 12.1. The third-order valence-electron chi connectivity index (χ3n) is 4.29. The predicted octanol–water partition coefficient (Wildman–Crippen LogP) is 2.77. The van der Waals surface area contributed by atoms with E-state index in [-0.39, 0.29) is 18.2 Å². The Labute approximate surface area is 142 Å². The van der Waals surface area contributed by atoms with E-state index in [2.05, 4.69) is 10.6 Å². The van der Waals surface area contributed by atoms with Crippen LogP contribution in [0.4, 0.5) is 0 Å². The summed E-state index contributed by atoms with van der Waals surface area (Å²) in [6, 6.07) is 5.55. The Morgan fingerprint density at radius 3 is 2.77 bits per heavy atom. The van der Waals surface area contributed by atoms with Gasteiger partial charge in [0.15, 0.2) is 0 Å². The van der Waals surface area contributed by atoms with E-state index in [0.717, 1.165) is 24.8 Å². The van der Waals surface area contributed by atoms with E-state index >= 15 is 0 Å². The lowest BCUT2D eigenvalue weighted by molar-refractivity contribution is -0.00249. The van der Waals surface area contributed by atoms with Crippen molar-refractivity contribution in [2.45, 2.75) is 43.6 Å². The highest BCUT2D eigenvalue weighted by molar-refractivity contribution is 6.42. The number of nitrogens with one attached hydrogen (secondary N) is 2. The molecule has 0 bridgehead atoms. The molecule has 1 aromatic carbocycles. The van der Waals surface area contributed by atoms with Crippen molar-refractivity contribution < 1.29 is 9.84 Å². The smallest absolute Gasteiger partial charge is 0.108 e. The highest BCUT2D eigenvalue weighted by Gasteiger charge is 2.32. The van der Waals surface area contributed by atoms with E-state index in [1.165, 1.54) is 0 Å². The van der Waals surface area contributed by atoms with Crippen LogP contribution in [0.1, 0.15) is 30.7 Å². The molecule has 1 saturated heterocycles. The molecule has 0 amide bonds. The van der Waals surface area contributed by atoms with Crippen LogP contribution in [0.3, 0.4) is 0 Å². The fourth-order valence-corrected chi connectivity index (χ4v) is 3.37. The fraction of sp³-hybridized carbons (Fsp3) is 0.625. The van der Waals surface area contributed by atoms with Crippen molar-refractivity contribution in [3.05, 3.63) is 33.8 Å². The van der Waals surface area contributed by atoms with Crippen LogP contribution < -0.4 is 10.6 Å². The maximum Gasteiger partial charge on any atom is 0.108 e. The Morgan fingerprint density at radius 1 is 1.36 bits per heavy atom. The van der Waals surface area contributed by atoms with Gasteiger partial charge in [0.2, 0.25) is 0 Å². The SMILES string of the molecule is CNCC(c1ccc(Cl)c(Cl)c1)C(O)C1CCCC(OC)N1. The molecule has 0 aliphatic carbocycles. The average molecular weight is 347 g/mol. The first-order chi connectivity index (χ1) is 10.6. The molecule has 4 nitrogen and oxygen atoms in total. The molecule has 4 unspecified atom stereocenters. The molecule has 22 heavy (non-hydrogen) atoms. The van der Waals surface area contributed by atoms with Crippen LogP contribution in [0.15, 0.2) is 18.2 Å². The highest BCUT2D eigenvalue weighted by atomic mass is 35.5. The molecule has 3 N–H and O–H groups in total. The molecule has 0 aromatic heterocycles. The summed E-state index contributed by atoms with van der Waals surface area (Å²) in [4.78, 5) is 0. The van der Waals surface area contributed by atoms with E-state index < -0.39 is 6.10 Å². The third-order valence-corrected chi connectivity index (χ3v) is 5.03. The summed E-state index contributed by atoms with van der Waals surface area (Å²) in [5.74, 6) is -0.0622. The van der Waals surface area contributed by atoms with Gasteiger partial charge in [-0.1, -0.05) is 29.3 Å². The Morgan fingerprint density at radius 2 is 2.14 bits per heavy atom. The Kier molecular flexibility index (Phi) is 6.93. The van der Waals surface area contributed by atoms with Gasteiger partial charge < -0.3 is 15.2 Å². The van der Waals surface area contributed by atoms with Gasteiger partial charge in [0.25, 0.3) is 0 Å². The molecule has 2 rings (SSSR count). The maximum atomic E-state index is 10.9. The Balaban J connectivity index is 2.16. The Bertz CT molecular complexity index is 487. The predicted molar refractivity (Wildman–Crippen MR) is 90.7 cm³/mol. The first-order valence-corrected chi connectivity index (χ1v) is 8.39. The van der Waals surface area contributed by atoms with E-state index in [1.54, 1.807) is 13.2 Å². The largest absolute Gasteiger partial charge is 0.391 e. The lowest BCUT2D eigenvalue weighted by atomic mass is 9.85. The zero-order chi connectivity index (χ0) is 16.1. The number of aliphatic hydroxyl groups excluding tert-OH is 1. The number of halogens is 2. The zero-order valence-corrected chi connectivity index (χ0v) is 14.5. The summed E-state index contributed by atoms with van der Waals surface area (Å²) in [6.45, 7) is 0.662. The van der Waals surface area contributed by atoms with Crippen molar-refractivity contribution in [1.82, 2.24) is 10.6 Å². The first kappa shape index (κ1) is 18.0. The average Bonchev–Trinajstić information content (AvgIpc) is 2.54. The molecule has 1 aliphatic rings. The number of rotatable bonds is 6. The van der Waals surface area contributed by atoms with Gasteiger partial charge in [-0.05, 0) is 44.0 Å². The van der Waals surface area contributed by atoms with Crippen molar-refractivity contribution in [2.24, 2.45) is 0 Å². The van der Waals surface area contributed by atoms with E-state index in [9.17, 15) is 5.11 Å². The number of piperidine rings is 1. The molecule has 1 aliphatic heterocycles. The quantitative estimate of drug-likeness (QED) is 0.741. The molecule has 6 heteroatoms. The molecule has 1 fully saturated rings. The molecule has 0 radical (unpaired) electrons. The van der Waals surface area contributed by atoms with Crippen molar-refractivity contribution in [3.63, 3.8) is 0 Å². The van der Waals surface area contributed by atoms with Gasteiger partial charge >= 0.3 is 0 Å². The molecule has 0 saturated carbocycles. The van der Waals surface area contributed by atoms with Gasteiger partial charge in [-0.2, -0.15) is 0 Å². The maximum absolute atomic E-state index is 10.9. The summed E-state index contributed by atoms with van der Waals surface area (Å²) in [6.07, 6.45) is 2.44. The second-order valence-corrected chi connectivity index (χ2v) is 6.57. The van der Waals surface area contributed by atoms with Crippen molar-refractivity contribution in [3.8, 4) is 0 Å². The number of hydrogen-bond acceptors (Lipinski definition) is 4. The third kappa shape index (κ3) is 4.34. The van der Waals surface area contributed by atoms with Gasteiger partial charge in [0.1, 0.15) is 6.23 Å². The lowest BCUT2D eigenvalue weighted by Crippen LogP contribution is -2.52. The van der Waals surface area contributed by atoms with Crippen LogP contribution in [0, 0.1) is 0 Å². The van der Waals surface area contributed by atoms with E-state index in [4.69, 9.17) is 27.9 Å². The normalized spacial score (nSPS) is 25.0. The molecular weight excluding hydrogens is 323 g/mol. The van der Waals surface area contributed by atoms with Gasteiger partial charge in [-0.15, -0.1) is 0 Å². The summed E-state index contributed by atoms with van der Waals surface area (Å²) in [7, 11) is 3.57. The van der Waals surface area contributed by atoms with Crippen LogP contribution in [0.2, 0.25) is 10.0 Å². The van der Waals surface area contributed by atoms with Crippen molar-refractivity contribution in [1.29, 1.82) is 0 Å². The van der Waals surface area contributed by atoms with Crippen LogP contribution in [-0.2, 0) is 4.74 Å². The summed E-state index contributed by atoms with van der Waals surface area (Å²) in [5, 5.41) is 18.4. The molecule has 4 atom stereocenters. The van der Waals surface area contributed by atoms with Crippen LogP contribution in [-0.4, -0.2) is 44.2 Å². The van der Waals surface area contributed by atoms with Crippen LogP contribution in [0.25, 0.3) is 0 Å². The van der Waals surface area contributed by atoms with E-state index in [1.807, 2.05) is 19.2 Å². The summed E-state index contributed by atoms with van der Waals surface area (Å²) in [5.41, 5.74) is 0.984. The van der Waals surface area contributed by atoms with Crippen molar-refractivity contribution in [2.75, 3.05) is 20.7 Å². The minimum Gasteiger partial charge on any atom is -0.391 e. The highest BCUT2D eigenvalue weighted by Crippen LogP contribution is 2.30. The van der Waals surface area contributed by atoms with Crippen LogP contribution >= 0.6 is 23.2 Å². The zero-order valence-electron chi connectivity index (χ0n) is 13.0. The van der Waals surface area contributed by atoms with Crippen molar-refractivity contribution >= 4 is 23.2 Å². The van der Waals surface area contributed by atoms with Crippen LogP contribution in [0.5, 0.6) is 0 Å². The number of ether oxygens (including phenoxy) is 1. The summed E-state index contributed by atoms with van der Waals surface area (Å²) < 4.78 is 5.38. The molecule has 0 spiro atoms. The number of likely N-dealkylation sites (N-methyl/N-ethyl adjacent to an activating group) is 1. The molecule has 124 valence electrons. The second-order valence-electron chi connectivity index (χ2n) is 5.76. The fourth-order valence-electron chi connectivity index (χ4n) is 3.06. The number of hydrogen-bond donors (Lipinski definition) is 3. The van der Waals surface area contributed by atoms with Gasteiger partial charge in [0, 0.05) is 25.6 Å². The number of methoxy groups -OCH3 is 1. The van der Waals surface area contributed by atoms with Gasteiger partial charge in [0.05, 0.1) is 16.1 Å². The minimum absolute atomic E-state index is 0.00602. The number of benzene rings is 1. The van der Waals surface area contributed by atoms with Gasteiger partial charge in [-0.25, -0.2) is 0 Å². The standard InChI is InChI=1S/C16H24Cl2N2O2/c1-19-9-11(10-6-7-12(17)13(18)8-10)16(21)14-4-3-5-15(20-14)22-2/h6-8,11,14-16,19-21H,3-5,9H2,1-2H3. The number of aliphatic hydroxyl groups is 1. The molecular formula is C16H24Cl2N2O2. The second kappa shape index (κ2) is 8.48. The molecule has 1 aromatic rings. The topological polar surface area (TPSA) is 53.5 Å². The first-order valence-electron chi connectivity index (χ1n) is 7.63. The monoisotopic (exact) mass is 346 g/mol. The minimum atomic E-state index is -0.525. The van der Waals surface area contributed by atoms with E-state index in [0.29, 0.717) is 16.6 Å². The van der Waals surface area contributed by atoms with Gasteiger partial charge in [-0.3, -0.25) is 5.32 Å².